The van der Waals surface area contributed by atoms with E-state index in [1.54, 1.807) is 60.8 Å². The molecule has 0 aliphatic carbocycles. The van der Waals surface area contributed by atoms with Crippen molar-refractivity contribution in [3.63, 3.8) is 0 Å². The summed E-state index contributed by atoms with van der Waals surface area (Å²) in [5, 5.41) is 29.9. The van der Waals surface area contributed by atoms with Crippen LogP contribution in [0.25, 0.3) is 0 Å². The number of carbonyl (C=O) groups is 1. The third-order valence-corrected chi connectivity index (χ3v) is 11.5. The topological polar surface area (TPSA) is 160 Å². The van der Waals surface area contributed by atoms with Crippen molar-refractivity contribution in [1.82, 2.24) is 14.2 Å². The molecule has 0 spiro atoms. The van der Waals surface area contributed by atoms with Gasteiger partial charge < -0.3 is 28.7 Å². The van der Waals surface area contributed by atoms with Crippen LogP contribution in [0, 0.1) is 11.3 Å². The predicted octanol–water partition coefficient (Wildman–Crippen LogP) is 6.98. The molecule has 2 heterocycles. The molecule has 1 amide bonds. The zero-order chi connectivity index (χ0) is 39.7. The van der Waals surface area contributed by atoms with E-state index in [1.807, 2.05) is 37.3 Å². The molecule has 2 N–H and O–H groups in total. The van der Waals surface area contributed by atoms with Gasteiger partial charge in [-0.3, -0.25) is 14.3 Å². The van der Waals surface area contributed by atoms with Crippen LogP contribution in [0.15, 0.2) is 95.9 Å². The largest absolute Gasteiger partial charge is 0.508 e. The molecule has 0 saturated carbocycles. The molecular weight excluding hydrogens is 721 g/mol. The molecule has 13 nitrogen and oxygen atoms in total. The summed E-state index contributed by atoms with van der Waals surface area (Å²) in [4.78, 5) is 31.4. The van der Waals surface area contributed by atoms with Crippen LogP contribution in [0.2, 0.25) is 0 Å². The van der Waals surface area contributed by atoms with Crippen molar-refractivity contribution in [3.8, 4) is 17.6 Å². The first-order valence-electron chi connectivity index (χ1n) is 18.5. The first-order valence-corrected chi connectivity index (χ1v) is 19.6. The van der Waals surface area contributed by atoms with Gasteiger partial charge in [0.1, 0.15) is 35.2 Å². The molecule has 1 saturated heterocycles. The van der Waals surface area contributed by atoms with E-state index in [0.29, 0.717) is 17.7 Å². The summed E-state index contributed by atoms with van der Waals surface area (Å²) >= 11 is 0. The van der Waals surface area contributed by atoms with Gasteiger partial charge in [0.25, 0.3) is 8.53 Å². The molecule has 55 heavy (non-hydrogen) atoms. The van der Waals surface area contributed by atoms with Gasteiger partial charge in [-0.2, -0.15) is 10.2 Å². The normalized spacial score (nSPS) is 17.8. The van der Waals surface area contributed by atoms with E-state index in [0.717, 1.165) is 5.56 Å². The third kappa shape index (κ3) is 9.59. The minimum Gasteiger partial charge on any atom is -0.508 e. The van der Waals surface area contributed by atoms with Gasteiger partial charge in [-0.1, -0.05) is 54.6 Å². The minimum atomic E-state index is -1.70. The maximum atomic E-state index is 13.6. The zero-order valence-electron chi connectivity index (χ0n) is 32.1. The van der Waals surface area contributed by atoms with E-state index in [9.17, 15) is 25.1 Å². The number of benzene rings is 3. The van der Waals surface area contributed by atoms with Crippen molar-refractivity contribution in [3.05, 3.63) is 118 Å². The summed E-state index contributed by atoms with van der Waals surface area (Å²) in [5.74, 6) is 0.193. The number of nitrogens with zero attached hydrogens (tertiary/aromatic N) is 5. The molecule has 3 aromatic carbocycles. The Hall–Kier alpha value is -4.67. The second kappa shape index (κ2) is 18.8. The molecule has 1 aliphatic heterocycles. The van der Waals surface area contributed by atoms with Crippen molar-refractivity contribution in [1.29, 1.82) is 5.26 Å². The second-order valence-electron chi connectivity index (χ2n) is 13.7. The highest BCUT2D eigenvalue weighted by Gasteiger charge is 2.45. The van der Waals surface area contributed by atoms with Gasteiger partial charge in [0.2, 0.25) is 5.91 Å². The molecule has 1 aliphatic rings. The van der Waals surface area contributed by atoms with Gasteiger partial charge in [0.05, 0.1) is 31.8 Å². The van der Waals surface area contributed by atoms with Crippen molar-refractivity contribution < 1.29 is 33.5 Å². The Bertz CT molecular complexity index is 1900. The second-order valence-corrected chi connectivity index (χ2v) is 15.2. The van der Waals surface area contributed by atoms with E-state index in [2.05, 4.69) is 43.4 Å². The fraction of sp³-hybridized carbons (Fsp3) is 0.415. The number of ether oxygens (including phenoxy) is 2. The fourth-order valence-corrected chi connectivity index (χ4v) is 8.64. The number of hydrogen-bond acceptors (Lipinski definition) is 11. The van der Waals surface area contributed by atoms with Crippen LogP contribution in [0.5, 0.6) is 11.5 Å². The molecule has 1 aromatic heterocycles. The van der Waals surface area contributed by atoms with Crippen LogP contribution in [-0.4, -0.2) is 74.4 Å². The van der Waals surface area contributed by atoms with Crippen LogP contribution in [0.4, 0.5) is 5.82 Å². The average molecular weight is 772 g/mol. The highest BCUT2D eigenvalue weighted by atomic mass is 31.2. The summed E-state index contributed by atoms with van der Waals surface area (Å²) in [6.07, 6.45) is -0.213. The predicted molar refractivity (Wildman–Crippen MR) is 209 cm³/mol. The SMILES string of the molecule is CCN(C(C)=O)c1ccn([C@H]2C[C@H](OP(OCCC#N)N(C(C)C)C(C)C)[C@@H](COC(c3ccccc3)(c3ccc(O)cc3)c3ccc(O)cc3)O2)c(=O)n1. The van der Waals surface area contributed by atoms with E-state index in [1.165, 1.54) is 16.4 Å². The van der Waals surface area contributed by atoms with E-state index in [4.69, 9.17) is 18.5 Å². The summed E-state index contributed by atoms with van der Waals surface area (Å²) < 4.78 is 30.5. The molecule has 4 atom stereocenters. The Morgan fingerprint density at radius 2 is 1.56 bits per heavy atom. The smallest absolute Gasteiger partial charge is 0.351 e. The Morgan fingerprint density at radius 1 is 0.982 bits per heavy atom. The number of anilines is 1. The summed E-state index contributed by atoms with van der Waals surface area (Å²) in [7, 11) is -1.70. The number of carbonyl (C=O) groups excluding carboxylic acids is 1. The Labute approximate surface area is 323 Å². The molecule has 292 valence electrons. The number of rotatable bonds is 17. The van der Waals surface area contributed by atoms with Crippen molar-refractivity contribution >= 4 is 20.3 Å². The van der Waals surface area contributed by atoms with Gasteiger partial charge in [-0.15, -0.1) is 0 Å². The molecule has 14 heteroatoms. The summed E-state index contributed by atoms with van der Waals surface area (Å²) in [6, 6.07) is 27.0. The summed E-state index contributed by atoms with van der Waals surface area (Å²) in [5.41, 5.74) is 0.371. The quantitative estimate of drug-likeness (QED) is 0.0648. The van der Waals surface area contributed by atoms with E-state index >= 15 is 0 Å². The monoisotopic (exact) mass is 771 g/mol. The molecular formula is C41H50N5O8P. The third-order valence-electron chi connectivity index (χ3n) is 9.36. The Kier molecular flexibility index (Phi) is 14.2. The standard InChI is InChI=1S/C41H50N5O8P/c1-7-44(30(6)47)38-22-24-45(40(50)43-38)39-26-36(54-55(52-25-11-23-42)46(28(2)3)29(4)5)37(53-39)27-51-41(31-12-9-8-10-13-31,32-14-18-34(48)19-15-32)33-16-20-35(49)21-17-33/h8-10,12-22,24,28-29,36-37,39,48-49H,7,11,25-27H2,1-6H3/t36-,37+,39+,55?/m0/s1. The van der Waals surface area contributed by atoms with Crippen LogP contribution in [0.3, 0.4) is 0 Å². The summed E-state index contributed by atoms with van der Waals surface area (Å²) in [6.45, 7) is 11.9. The zero-order valence-corrected chi connectivity index (χ0v) is 33.0. The number of aromatic nitrogens is 2. The minimum absolute atomic E-state index is 0.0310. The van der Waals surface area contributed by atoms with Gasteiger partial charge in [0, 0.05) is 38.2 Å². The lowest BCUT2D eigenvalue weighted by Gasteiger charge is -2.39. The van der Waals surface area contributed by atoms with E-state index in [-0.39, 0.29) is 61.4 Å². The van der Waals surface area contributed by atoms with Crippen LogP contribution >= 0.6 is 8.53 Å². The maximum Gasteiger partial charge on any atom is 0.351 e. The van der Waals surface area contributed by atoms with Crippen LogP contribution in [-0.2, 0) is 28.9 Å². The molecule has 1 unspecified atom stereocenters. The molecule has 0 radical (unpaired) electrons. The number of amides is 1. The lowest BCUT2D eigenvalue weighted by Crippen LogP contribution is -2.39. The maximum absolute atomic E-state index is 13.6. The number of hydrogen-bond donors (Lipinski definition) is 2. The van der Waals surface area contributed by atoms with Gasteiger partial charge in [0.15, 0.2) is 0 Å². The van der Waals surface area contributed by atoms with Gasteiger partial charge >= 0.3 is 5.69 Å². The molecule has 4 aromatic rings. The van der Waals surface area contributed by atoms with Gasteiger partial charge in [-0.25, -0.2) is 9.46 Å². The highest BCUT2D eigenvalue weighted by Crippen LogP contribution is 2.50. The van der Waals surface area contributed by atoms with Crippen molar-refractivity contribution in [2.45, 2.75) is 90.5 Å². The van der Waals surface area contributed by atoms with Crippen LogP contribution in [0.1, 0.15) is 77.3 Å². The van der Waals surface area contributed by atoms with Crippen molar-refractivity contribution in [2.24, 2.45) is 0 Å². The van der Waals surface area contributed by atoms with Crippen molar-refractivity contribution in [2.75, 3.05) is 24.7 Å². The lowest BCUT2D eigenvalue weighted by molar-refractivity contribution is -0.116. The molecule has 0 bridgehead atoms. The number of nitriles is 1. The fourth-order valence-electron chi connectivity index (χ4n) is 6.88. The number of aromatic hydroxyl groups is 2. The van der Waals surface area contributed by atoms with Gasteiger partial charge in [-0.05, 0) is 81.6 Å². The molecule has 1 fully saturated rings. The Balaban J connectivity index is 1.58. The molecule has 5 rings (SSSR count). The van der Waals surface area contributed by atoms with Crippen LogP contribution < -0.4 is 10.6 Å². The van der Waals surface area contributed by atoms with E-state index < -0.39 is 38.3 Å². The highest BCUT2D eigenvalue weighted by molar-refractivity contribution is 7.44. The number of phenols is 2. The average Bonchev–Trinajstić information content (AvgIpc) is 3.55. The first kappa shape index (κ1) is 41.5. The first-order chi connectivity index (χ1) is 26.4. The lowest BCUT2D eigenvalue weighted by atomic mass is 9.80. The Morgan fingerprint density at radius 3 is 2.07 bits per heavy atom. The number of phenolic OH excluding ortho intramolecular Hbond substituents is 2.